The lowest BCUT2D eigenvalue weighted by Crippen LogP contribution is -2.31. The molecule has 1 fully saturated rings. The standard InChI is InChI=1S/C19H26N4OS/c1-13(2)17-10-14(12-25-17)19(24)23-9-5-6-16(23)18-20-8-7-15(21-18)11-22(3)4/h7-8,10,12-13,16H,5-6,9,11H2,1-4H3/t16-/m1/s1. The number of aromatic nitrogens is 2. The summed E-state index contributed by atoms with van der Waals surface area (Å²) in [6.45, 7) is 5.86. The third kappa shape index (κ3) is 4.07. The minimum absolute atomic E-state index is 0.0167. The smallest absolute Gasteiger partial charge is 0.255 e. The zero-order valence-corrected chi connectivity index (χ0v) is 16.2. The van der Waals surface area contributed by atoms with E-state index in [4.69, 9.17) is 4.98 Å². The monoisotopic (exact) mass is 358 g/mol. The largest absolute Gasteiger partial charge is 0.328 e. The van der Waals surface area contributed by atoms with Crippen LogP contribution in [0.25, 0.3) is 0 Å². The van der Waals surface area contributed by atoms with Gasteiger partial charge in [0.2, 0.25) is 0 Å². The molecule has 0 bridgehead atoms. The van der Waals surface area contributed by atoms with Crippen molar-refractivity contribution < 1.29 is 4.79 Å². The van der Waals surface area contributed by atoms with Crippen LogP contribution in [0, 0.1) is 0 Å². The summed E-state index contributed by atoms with van der Waals surface area (Å²) in [5.41, 5.74) is 1.79. The lowest BCUT2D eigenvalue weighted by atomic mass is 10.1. The van der Waals surface area contributed by atoms with Crippen LogP contribution in [0.2, 0.25) is 0 Å². The van der Waals surface area contributed by atoms with Crippen LogP contribution in [-0.4, -0.2) is 46.3 Å². The lowest BCUT2D eigenvalue weighted by Gasteiger charge is -2.23. The Morgan fingerprint density at radius 3 is 2.92 bits per heavy atom. The average Bonchev–Trinajstić information content (AvgIpc) is 3.23. The third-order valence-corrected chi connectivity index (χ3v) is 5.69. The molecule has 1 saturated heterocycles. The Morgan fingerprint density at radius 1 is 1.44 bits per heavy atom. The average molecular weight is 359 g/mol. The van der Waals surface area contributed by atoms with Crippen molar-refractivity contribution in [2.75, 3.05) is 20.6 Å². The molecule has 1 aliphatic rings. The molecule has 134 valence electrons. The zero-order chi connectivity index (χ0) is 18.0. The first kappa shape index (κ1) is 18.0. The van der Waals surface area contributed by atoms with Gasteiger partial charge in [-0.05, 0) is 45.0 Å². The second-order valence-corrected chi connectivity index (χ2v) is 8.14. The number of thiophene rings is 1. The van der Waals surface area contributed by atoms with Gasteiger partial charge in [-0.25, -0.2) is 9.97 Å². The van der Waals surface area contributed by atoms with Crippen LogP contribution >= 0.6 is 11.3 Å². The first-order valence-corrected chi connectivity index (χ1v) is 9.69. The molecule has 0 aromatic carbocycles. The molecule has 2 aromatic heterocycles. The molecule has 0 spiro atoms. The van der Waals surface area contributed by atoms with Gasteiger partial charge in [0.25, 0.3) is 5.91 Å². The molecule has 0 N–H and O–H groups in total. The van der Waals surface area contributed by atoms with Crippen molar-refractivity contribution in [1.29, 1.82) is 0 Å². The van der Waals surface area contributed by atoms with Gasteiger partial charge in [-0.2, -0.15) is 0 Å². The SMILES string of the molecule is CC(C)c1cc(C(=O)N2CCC[C@@H]2c2nccc(CN(C)C)n2)cs1. The van der Waals surface area contributed by atoms with Gasteiger partial charge in [0.1, 0.15) is 0 Å². The van der Waals surface area contributed by atoms with E-state index in [9.17, 15) is 4.79 Å². The molecule has 6 heteroatoms. The maximum Gasteiger partial charge on any atom is 0.255 e. The summed E-state index contributed by atoms with van der Waals surface area (Å²) in [4.78, 5) is 27.5. The van der Waals surface area contributed by atoms with Gasteiger partial charge in [0.15, 0.2) is 5.82 Å². The number of amides is 1. The second-order valence-electron chi connectivity index (χ2n) is 7.19. The van der Waals surface area contributed by atoms with Gasteiger partial charge in [0.05, 0.1) is 17.3 Å². The van der Waals surface area contributed by atoms with E-state index >= 15 is 0 Å². The Hall–Kier alpha value is -1.79. The summed E-state index contributed by atoms with van der Waals surface area (Å²) in [6, 6.07) is 3.96. The molecular weight excluding hydrogens is 332 g/mol. The van der Waals surface area contributed by atoms with Crippen molar-refractivity contribution in [3.05, 3.63) is 45.7 Å². The van der Waals surface area contributed by atoms with Gasteiger partial charge in [0, 0.05) is 29.5 Å². The van der Waals surface area contributed by atoms with E-state index in [0.717, 1.165) is 43.0 Å². The highest BCUT2D eigenvalue weighted by Gasteiger charge is 2.33. The fraction of sp³-hybridized carbons (Fsp3) is 0.526. The van der Waals surface area contributed by atoms with Crippen LogP contribution in [-0.2, 0) is 6.54 Å². The normalized spacial score (nSPS) is 17.7. The summed E-state index contributed by atoms with van der Waals surface area (Å²) < 4.78 is 0. The third-order valence-electron chi connectivity index (χ3n) is 4.46. The Balaban J connectivity index is 1.81. The van der Waals surface area contributed by atoms with Crippen LogP contribution in [0.15, 0.2) is 23.7 Å². The van der Waals surface area contributed by atoms with E-state index in [1.165, 1.54) is 4.88 Å². The van der Waals surface area contributed by atoms with E-state index in [1.807, 2.05) is 42.7 Å². The highest BCUT2D eigenvalue weighted by molar-refractivity contribution is 7.10. The van der Waals surface area contributed by atoms with E-state index in [1.54, 1.807) is 11.3 Å². The van der Waals surface area contributed by atoms with Crippen molar-refractivity contribution in [2.24, 2.45) is 0 Å². The molecule has 3 heterocycles. The molecule has 5 nitrogen and oxygen atoms in total. The predicted octanol–water partition coefficient (Wildman–Crippen LogP) is 3.70. The molecule has 2 aromatic rings. The molecule has 1 amide bonds. The topological polar surface area (TPSA) is 49.3 Å². The van der Waals surface area contributed by atoms with Gasteiger partial charge in [-0.15, -0.1) is 11.3 Å². The fourth-order valence-corrected chi connectivity index (χ4v) is 4.10. The number of hydrogen-bond donors (Lipinski definition) is 0. The van der Waals surface area contributed by atoms with Crippen LogP contribution in [0.4, 0.5) is 0 Å². The number of nitrogens with zero attached hydrogens (tertiary/aromatic N) is 4. The van der Waals surface area contributed by atoms with Gasteiger partial charge < -0.3 is 9.80 Å². The lowest BCUT2D eigenvalue weighted by molar-refractivity contribution is 0.0730. The Bertz CT molecular complexity index is 741. The molecule has 0 unspecified atom stereocenters. The maximum absolute atomic E-state index is 13.0. The summed E-state index contributed by atoms with van der Waals surface area (Å²) >= 11 is 1.67. The van der Waals surface area contributed by atoms with E-state index in [-0.39, 0.29) is 11.9 Å². The van der Waals surface area contributed by atoms with Crippen LogP contribution in [0.3, 0.4) is 0 Å². The molecule has 3 rings (SSSR count). The molecule has 25 heavy (non-hydrogen) atoms. The predicted molar refractivity (Wildman–Crippen MR) is 101 cm³/mol. The van der Waals surface area contributed by atoms with Crippen molar-refractivity contribution in [2.45, 2.75) is 45.2 Å². The molecule has 0 radical (unpaired) electrons. The molecule has 0 saturated carbocycles. The summed E-state index contributed by atoms with van der Waals surface area (Å²) in [5.74, 6) is 1.32. The van der Waals surface area contributed by atoms with Crippen molar-refractivity contribution in [1.82, 2.24) is 19.8 Å². The Kier molecular flexibility index (Phi) is 5.49. The highest BCUT2D eigenvalue weighted by Crippen LogP contribution is 2.33. The Morgan fingerprint density at radius 2 is 2.24 bits per heavy atom. The zero-order valence-electron chi connectivity index (χ0n) is 15.4. The van der Waals surface area contributed by atoms with Crippen LogP contribution in [0.5, 0.6) is 0 Å². The molecular formula is C19H26N4OS. The number of hydrogen-bond acceptors (Lipinski definition) is 5. The van der Waals surface area contributed by atoms with E-state index < -0.39 is 0 Å². The number of carbonyl (C=O) groups excluding carboxylic acids is 1. The van der Waals surface area contributed by atoms with E-state index in [0.29, 0.717) is 5.92 Å². The quantitative estimate of drug-likeness (QED) is 0.818. The minimum atomic E-state index is -0.0167. The van der Waals surface area contributed by atoms with Gasteiger partial charge >= 0.3 is 0 Å². The number of likely N-dealkylation sites (tertiary alicyclic amines) is 1. The summed E-state index contributed by atoms with van der Waals surface area (Å²) in [7, 11) is 4.05. The van der Waals surface area contributed by atoms with Gasteiger partial charge in [-0.3, -0.25) is 4.79 Å². The summed E-state index contributed by atoms with van der Waals surface area (Å²) in [5, 5.41) is 1.98. The maximum atomic E-state index is 13.0. The number of carbonyl (C=O) groups is 1. The second kappa shape index (κ2) is 7.62. The summed E-state index contributed by atoms with van der Waals surface area (Å²) in [6.07, 6.45) is 3.74. The van der Waals surface area contributed by atoms with E-state index in [2.05, 4.69) is 23.7 Å². The first-order valence-electron chi connectivity index (χ1n) is 8.81. The van der Waals surface area contributed by atoms with Crippen LogP contribution < -0.4 is 0 Å². The van der Waals surface area contributed by atoms with Crippen LogP contribution in [0.1, 0.15) is 65.4 Å². The first-order chi connectivity index (χ1) is 12.0. The Labute approximate surface area is 153 Å². The van der Waals surface area contributed by atoms with Gasteiger partial charge in [-0.1, -0.05) is 13.8 Å². The molecule has 0 aliphatic carbocycles. The molecule has 1 aliphatic heterocycles. The highest BCUT2D eigenvalue weighted by atomic mass is 32.1. The fourth-order valence-electron chi connectivity index (χ4n) is 3.20. The van der Waals surface area contributed by atoms with Crippen molar-refractivity contribution >= 4 is 17.2 Å². The molecule has 1 atom stereocenters. The van der Waals surface area contributed by atoms with Crippen molar-refractivity contribution in [3.8, 4) is 0 Å². The number of rotatable bonds is 5. The van der Waals surface area contributed by atoms with Crippen molar-refractivity contribution in [3.63, 3.8) is 0 Å². The minimum Gasteiger partial charge on any atom is -0.328 e.